The van der Waals surface area contributed by atoms with Crippen molar-refractivity contribution in [1.82, 2.24) is 4.90 Å². The van der Waals surface area contributed by atoms with E-state index in [1.165, 1.54) is 4.90 Å². The number of nitrogens with zero attached hydrogens (tertiary/aromatic N) is 1. The number of hydrogen-bond acceptors (Lipinski definition) is 6. The van der Waals surface area contributed by atoms with Crippen LogP contribution in [0.15, 0.2) is 48.0 Å². The van der Waals surface area contributed by atoms with Crippen LogP contribution in [-0.2, 0) is 20.7 Å². The van der Waals surface area contributed by atoms with E-state index < -0.39 is 17.7 Å². The molecule has 0 aromatic heterocycles. The number of carbonyl (C=O) groups excluding carboxylic acids is 2. The molecule has 0 saturated carbocycles. The van der Waals surface area contributed by atoms with E-state index in [9.17, 15) is 14.7 Å². The zero-order valence-electron chi connectivity index (χ0n) is 19.9. The smallest absolute Gasteiger partial charge is 0.295 e. The molecule has 34 heavy (non-hydrogen) atoms. The van der Waals surface area contributed by atoms with Crippen LogP contribution < -0.4 is 9.47 Å². The maximum Gasteiger partial charge on any atom is 0.295 e. The first kappa shape index (κ1) is 23.8. The summed E-state index contributed by atoms with van der Waals surface area (Å²) in [5, 5.41) is 11.3. The summed E-state index contributed by atoms with van der Waals surface area (Å²) in [7, 11) is 1.60. The Labute approximate surface area is 199 Å². The van der Waals surface area contributed by atoms with Gasteiger partial charge < -0.3 is 24.2 Å². The second-order valence-electron chi connectivity index (χ2n) is 8.71. The van der Waals surface area contributed by atoms with Crippen molar-refractivity contribution < 1.29 is 28.9 Å². The highest BCUT2D eigenvalue weighted by atomic mass is 16.5. The largest absolute Gasteiger partial charge is 0.507 e. The lowest BCUT2D eigenvalue weighted by atomic mass is 9.94. The van der Waals surface area contributed by atoms with Crippen LogP contribution in [0.25, 0.3) is 5.76 Å². The molecular formula is C27H31NO6. The Bertz CT molecular complexity index is 1090. The Balaban J connectivity index is 1.75. The topological polar surface area (TPSA) is 85.3 Å². The average Bonchev–Trinajstić information content (AvgIpc) is 3.33. The monoisotopic (exact) mass is 465 g/mol. The molecule has 1 N–H and O–H groups in total. The van der Waals surface area contributed by atoms with E-state index in [0.717, 1.165) is 35.5 Å². The number of likely N-dealkylation sites (tertiary alicyclic amines) is 1. The molecule has 1 saturated heterocycles. The summed E-state index contributed by atoms with van der Waals surface area (Å²) in [6.45, 7) is 5.42. The summed E-state index contributed by atoms with van der Waals surface area (Å²) in [6, 6.07) is 12.0. The average molecular weight is 466 g/mol. The lowest BCUT2D eigenvalue weighted by molar-refractivity contribution is -0.140. The molecule has 2 aromatic rings. The van der Waals surface area contributed by atoms with Gasteiger partial charge in [-0.05, 0) is 61.2 Å². The van der Waals surface area contributed by atoms with Crippen molar-refractivity contribution in [3.05, 3.63) is 64.7 Å². The van der Waals surface area contributed by atoms with Crippen molar-refractivity contribution in [1.29, 1.82) is 0 Å². The normalized spacial score (nSPS) is 21.0. The Morgan fingerprint density at radius 3 is 2.62 bits per heavy atom. The van der Waals surface area contributed by atoms with Crippen molar-refractivity contribution >= 4 is 17.4 Å². The minimum Gasteiger partial charge on any atom is -0.507 e. The van der Waals surface area contributed by atoms with Gasteiger partial charge in [0.05, 0.1) is 18.2 Å². The summed E-state index contributed by atoms with van der Waals surface area (Å²) in [5.41, 5.74) is 2.30. The molecule has 2 atom stereocenters. The van der Waals surface area contributed by atoms with Crippen molar-refractivity contribution in [3.63, 3.8) is 0 Å². The predicted molar refractivity (Wildman–Crippen MR) is 128 cm³/mol. The molecule has 0 bridgehead atoms. The molecule has 7 heteroatoms. The van der Waals surface area contributed by atoms with Crippen molar-refractivity contribution in [2.24, 2.45) is 0 Å². The number of amides is 1. The third-order valence-corrected chi connectivity index (χ3v) is 6.13. The zero-order chi connectivity index (χ0) is 24.2. The van der Waals surface area contributed by atoms with E-state index in [0.29, 0.717) is 31.7 Å². The van der Waals surface area contributed by atoms with Crippen molar-refractivity contribution in [3.8, 4) is 11.5 Å². The lowest BCUT2D eigenvalue weighted by Crippen LogP contribution is -2.31. The predicted octanol–water partition coefficient (Wildman–Crippen LogP) is 4.26. The summed E-state index contributed by atoms with van der Waals surface area (Å²) in [6.07, 6.45) is 2.26. The molecule has 180 valence electrons. The van der Waals surface area contributed by atoms with Crippen LogP contribution in [0, 0.1) is 0 Å². The fourth-order valence-electron chi connectivity index (χ4n) is 4.53. The first-order valence-electron chi connectivity index (χ1n) is 11.7. The summed E-state index contributed by atoms with van der Waals surface area (Å²) < 4.78 is 16.6. The Kier molecular flexibility index (Phi) is 7.22. The third kappa shape index (κ3) is 4.66. The molecule has 2 heterocycles. The van der Waals surface area contributed by atoms with E-state index in [4.69, 9.17) is 14.2 Å². The van der Waals surface area contributed by atoms with Gasteiger partial charge in [0.15, 0.2) is 0 Å². The van der Waals surface area contributed by atoms with Gasteiger partial charge >= 0.3 is 0 Å². The second kappa shape index (κ2) is 10.3. The van der Waals surface area contributed by atoms with Gasteiger partial charge in [0, 0.05) is 32.2 Å². The van der Waals surface area contributed by atoms with Crippen LogP contribution in [0.4, 0.5) is 0 Å². The number of ether oxygens (including phenoxy) is 3. The standard InChI is InChI=1S/C27H31NO6/c1-4-13-33-21-9-6-18(7-10-21)24-23(26(30)27(31)28(24)12-5-14-32-3)25(29)19-8-11-22-20(16-19)15-17(2)34-22/h6-11,16-17,24,29H,4-5,12-15H2,1-3H3. The molecule has 2 aromatic carbocycles. The highest BCUT2D eigenvalue weighted by Gasteiger charge is 2.45. The van der Waals surface area contributed by atoms with Crippen molar-refractivity contribution in [2.45, 2.75) is 45.3 Å². The number of hydrogen-bond donors (Lipinski definition) is 1. The van der Waals surface area contributed by atoms with E-state index in [2.05, 4.69) is 0 Å². The molecule has 2 aliphatic heterocycles. The van der Waals surface area contributed by atoms with Crippen LogP contribution in [0.5, 0.6) is 11.5 Å². The van der Waals surface area contributed by atoms with E-state index in [1.807, 2.05) is 44.2 Å². The molecule has 4 rings (SSSR count). The molecule has 2 aliphatic rings. The summed E-state index contributed by atoms with van der Waals surface area (Å²) >= 11 is 0. The number of methoxy groups -OCH3 is 1. The van der Waals surface area contributed by atoms with Crippen LogP contribution in [0.2, 0.25) is 0 Å². The number of carbonyl (C=O) groups is 2. The first-order chi connectivity index (χ1) is 16.4. The summed E-state index contributed by atoms with van der Waals surface area (Å²) in [4.78, 5) is 27.7. The molecule has 7 nitrogen and oxygen atoms in total. The minimum absolute atomic E-state index is 0.0622. The Hall–Kier alpha value is -3.32. The number of aliphatic hydroxyl groups is 1. The number of aliphatic hydroxyl groups excluding tert-OH is 1. The van der Waals surface area contributed by atoms with Gasteiger partial charge in [0.2, 0.25) is 0 Å². The van der Waals surface area contributed by atoms with E-state index >= 15 is 0 Å². The molecule has 1 fully saturated rings. The van der Waals surface area contributed by atoms with Gasteiger partial charge in [0.25, 0.3) is 11.7 Å². The fraction of sp³-hybridized carbons (Fsp3) is 0.407. The van der Waals surface area contributed by atoms with Crippen LogP contribution in [0.1, 0.15) is 49.4 Å². The molecule has 1 amide bonds. The van der Waals surface area contributed by atoms with Gasteiger partial charge in [-0.3, -0.25) is 9.59 Å². The van der Waals surface area contributed by atoms with Crippen LogP contribution in [-0.4, -0.2) is 54.7 Å². The minimum atomic E-state index is -0.694. The van der Waals surface area contributed by atoms with E-state index in [-0.39, 0.29) is 17.4 Å². The number of fused-ring (bicyclic) bond motifs is 1. The van der Waals surface area contributed by atoms with Gasteiger partial charge in [-0.1, -0.05) is 19.1 Å². The maximum atomic E-state index is 13.2. The van der Waals surface area contributed by atoms with Gasteiger partial charge in [-0.25, -0.2) is 0 Å². The highest BCUT2D eigenvalue weighted by Crippen LogP contribution is 2.41. The molecular weight excluding hydrogens is 434 g/mol. The Morgan fingerprint density at radius 1 is 1.15 bits per heavy atom. The molecule has 0 aliphatic carbocycles. The van der Waals surface area contributed by atoms with Gasteiger partial charge in [-0.15, -0.1) is 0 Å². The highest BCUT2D eigenvalue weighted by molar-refractivity contribution is 6.46. The third-order valence-electron chi connectivity index (χ3n) is 6.13. The Morgan fingerprint density at radius 2 is 1.91 bits per heavy atom. The van der Waals surface area contributed by atoms with Crippen LogP contribution >= 0.6 is 0 Å². The quantitative estimate of drug-likeness (QED) is 0.258. The van der Waals surface area contributed by atoms with Crippen molar-refractivity contribution in [2.75, 3.05) is 26.9 Å². The van der Waals surface area contributed by atoms with Crippen LogP contribution in [0.3, 0.4) is 0 Å². The first-order valence-corrected chi connectivity index (χ1v) is 11.7. The zero-order valence-corrected chi connectivity index (χ0v) is 19.9. The summed E-state index contributed by atoms with van der Waals surface area (Å²) in [5.74, 6) is 0.0210. The lowest BCUT2D eigenvalue weighted by Gasteiger charge is -2.25. The molecule has 2 unspecified atom stereocenters. The number of ketones is 1. The van der Waals surface area contributed by atoms with E-state index in [1.54, 1.807) is 19.2 Å². The van der Waals surface area contributed by atoms with Gasteiger partial charge in [-0.2, -0.15) is 0 Å². The molecule has 0 radical (unpaired) electrons. The fourth-order valence-corrected chi connectivity index (χ4v) is 4.53. The SMILES string of the molecule is CCCOc1ccc(C2C(=C(O)c3ccc4c(c3)CC(C)O4)C(=O)C(=O)N2CCCOC)cc1. The number of Topliss-reactive ketones (excluding diaryl/α,β-unsaturated/α-hetero) is 1. The number of benzene rings is 2. The maximum absolute atomic E-state index is 13.2. The second-order valence-corrected chi connectivity index (χ2v) is 8.71. The van der Waals surface area contributed by atoms with Gasteiger partial charge in [0.1, 0.15) is 23.4 Å². The molecule has 0 spiro atoms. The number of rotatable bonds is 9.